The van der Waals surface area contributed by atoms with E-state index in [1.54, 1.807) is 19.2 Å². The van der Waals surface area contributed by atoms with Gasteiger partial charge >= 0.3 is 0 Å². The standard InChI is InChI=1S/C26H32N4O3/c1-17(2)21-15-18(28-29-21)16-30-12-10-26(11-13-30)20-8-5-4-7-19(20)23(24(26)32-3)27-25(31)22-9-6-14-33-22/h4-9,14-15,17,23-24H,10-13,16H2,1-3H3,(H,27,31)(H,28,29)/t23-,24+/m1/s1. The molecule has 2 N–H and O–H groups in total. The number of benzene rings is 1. The van der Waals surface area contributed by atoms with Gasteiger partial charge in [-0.25, -0.2) is 0 Å². The number of nitrogens with zero attached hydrogens (tertiary/aromatic N) is 2. The molecular weight excluding hydrogens is 416 g/mol. The highest BCUT2D eigenvalue weighted by Gasteiger charge is 2.54. The van der Waals surface area contributed by atoms with E-state index in [-0.39, 0.29) is 23.5 Å². The molecule has 0 radical (unpaired) electrons. The van der Waals surface area contributed by atoms with Crippen molar-refractivity contribution in [3.05, 3.63) is 77.0 Å². The molecule has 1 aromatic carbocycles. The molecule has 33 heavy (non-hydrogen) atoms. The Kier molecular flexibility index (Phi) is 5.85. The minimum absolute atomic E-state index is 0.125. The van der Waals surface area contributed by atoms with Gasteiger partial charge in [0, 0.05) is 24.8 Å². The molecule has 7 heteroatoms. The number of carbonyl (C=O) groups excluding carboxylic acids is 1. The first-order valence-electron chi connectivity index (χ1n) is 11.7. The number of nitrogens with one attached hydrogen (secondary N) is 2. The predicted molar refractivity (Wildman–Crippen MR) is 125 cm³/mol. The van der Waals surface area contributed by atoms with Crippen molar-refractivity contribution >= 4 is 5.91 Å². The predicted octanol–water partition coefficient (Wildman–Crippen LogP) is 4.16. The normalized spacial score (nSPS) is 22.1. The zero-order chi connectivity index (χ0) is 23.0. The van der Waals surface area contributed by atoms with Crippen molar-refractivity contribution in [2.45, 2.75) is 56.7 Å². The molecule has 5 rings (SSSR count). The molecular formula is C26H32N4O3. The van der Waals surface area contributed by atoms with E-state index in [4.69, 9.17) is 9.15 Å². The van der Waals surface area contributed by atoms with E-state index < -0.39 is 0 Å². The second-order valence-electron chi connectivity index (χ2n) is 9.58. The van der Waals surface area contributed by atoms with Gasteiger partial charge in [-0.05, 0) is 61.2 Å². The number of fused-ring (bicyclic) bond motifs is 2. The van der Waals surface area contributed by atoms with E-state index in [0.29, 0.717) is 11.7 Å². The molecule has 2 atom stereocenters. The fourth-order valence-electron chi connectivity index (χ4n) is 5.65. The van der Waals surface area contributed by atoms with E-state index in [1.807, 2.05) is 6.07 Å². The summed E-state index contributed by atoms with van der Waals surface area (Å²) in [6.07, 6.45) is 3.34. The summed E-state index contributed by atoms with van der Waals surface area (Å²) >= 11 is 0. The van der Waals surface area contributed by atoms with Crippen LogP contribution in [0.2, 0.25) is 0 Å². The topological polar surface area (TPSA) is 83.4 Å². The van der Waals surface area contributed by atoms with Crippen LogP contribution in [0.4, 0.5) is 0 Å². The first-order valence-corrected chi connectivity index (χ1v) is 11.7. The molecule has 2 aromatic heterocycles. The summed E-state index contributed by atoms with van der Waals surface area (Å²) in [7, 11) is 1.76. The molecule has 3 aromatic rings. The van der Waals surface area contributed by atoms with Crippen molar-refractivity contribution in [2.75, 3.05) is 20.2 Å². The Labute approximate surface area is 194 Å². The van der Waals surface area contributed by atoms with Gasteiger partial charge in [0.05, 0.1) is 24.1 Å². The molecule has 1 amide bonds. The van der Waals surface area contributed by atoms with Gasteiger partial charge in [0.15, 0.2) is 5.76 Å². The molecule has 2 aliphatic rings. The maximum absolute atomic E-state index is 12.8. The molecule has 1 aliphatic carbocycles. The Morgan fingerprint density at radius 1 is 1.27 bits per heavy atom. The summed E-state index contributed by atoms with van der Waals surface area (Å²) in [6.45, 7) is 7.11. The second kappa shape index (κ2) is 8.80. The first kappa shape index (κ1) is 21.9. The maximum atomic E-state index is 12.8. The Morgan fingerprint density at radius 3 is 2.73 bits per heavy atom. The van der Waals surface area contributed by atoms with Crippen LogP contribution in [-0.2, 0) is 16.7 Å². The zero-order valence-corrected chi connectivity index (χ0v) is 19.5. The average Bonchev–Trinajstić information content (AvgIpc) is 3.56. The van der Waals surface area contributed by atoms with Gasteiger partial charge in [-0.2, -0.15) is 5.10 Å². The number of amides is 1. The van der Waals surface area contributed by atoms with E-state index in [1.165, 1.54) is 11.8 Å². The zero-order valence-electron chi connectivity index (χ0n) is 19.5. The van der Waals surface area contributed by atoms with Crippen LogP contribution in [-0.4, -0.2) is 47.3 Å². The fourth-order valence-corrected chi connectivity index (χ4v) is 5.65. The summed E-state index contributed by atoms with van der Waals surface area (Å²) < 4.78 is 11.4. The van der Waals surface area contributed by atoms with Crippen LogP contribution >= 0.6 is 0 Å². The molecule has 7 nitrogen and oxygen atoms in total. The summed E-state index contributed by atoms with van der Waals surface area (Å²) in [5.41, 5.74) is 4.59. The number of carbonyl (C=O) groups is 1. The van der Waals surface area contributed by atoms with Gasteiger partial charge < -0.3 is 14.5 Å². The lowest BCUT2D eigenvalue weighted by atomic mass is 9.72. The van der Waals surface area contributed by atoms with Gasteiger partial charge in [0.2, 0.25) is 0 Å². The SMILES string of the molecule is CO[C@H]1[C@H](NC(=O)c2ccco2)c2ccccc2C12CCN(Cc1cc(C(C)C)n[nH]1)CC2. The number of H-pyrrole nitrogens is 1. The van der Waals surface area contributed by atoms with Crippen LogP contribution in [0.15, 0.2) is 53.1 Å². The van der Waals surface area contributed by atoms with Crippen LogP contribution in [0, 0.1) is 0 Å². The van der Waals surface area contributed by atoms with Gasteiger partial charge in [0.1, 0.15) is 0 Å². The number of hydrogen-bond donors (Lipinski definition) is 2. The molecule has 3 heterocycles. The lowest BCUT2D eigenvalue weighted by Crippen LogP contribution is -2.50. The summed E-state index contributed by atoms with van der Waals surface area (Å²) in [6, 6.07) is 13.8. The molecule has 174 valence electrons. The second-order valence-corrected chi connectivity index (χ2v) is 9.58. The lowest BCUT2D eigenvalue weighted by Gasteiger charge is -2.44. The highest BCUT2D eigenvalue weighted by atomic mass is 16.5. The highest BCUT2D eigenvalue weighted by molar-refractivity contribution is 5.91. The maximum Gasteiger partial charge on any atom is 0.287 e. The average molecular weight is 449 g/mol. The van der Waals surface area contributed by atoms with Crippen molar-refractivity contribution in [3.8, 4) is 0 Å². The number of likely N-dealkylation sites (tertiary alicyclic amines) is 1. The third kappa shape index (κ3) is 3.89. The van der Waals surface area contributed by atoms with Crippen molar-refractivity contribution in [2.24, 2.45) is 0 Å². The minimum atomic E-state index is -0.212. The van der Waals surface area contributed by atoms with Crippen LogP contribution in [0.5, 0.6) is 0 Å². The Hall–Kier alpha value is -2.90. The van der Waals surface area contributed by atoms with Gasteiger partial charge in [-0.15, -0.1) is 0 Å². The number of ether oxygens (including phenoxy) is 1. The first-order chi connectivity index (χ1) is 16.0. The van der Waals surface area contributed by atoms with Crippen molar-refractivity contribution in [3.63, 3.8) is 0 Å². The molecule has 1 fully saturated rings. The monoisotopic (exact) mass is 448 g/mol. The summed E-state index contributed by atoms with van der Waals surface area (Å²) in [5, 5.41) is 10.8. The number of aromatic nitrogens is 2. The van der Waals surface area contributed by atoms with E-state index in [9.17, 15) is 4.79 Å². The molecule has 1 aliphatic heterocycles. The molecule has 1 spiro atoms. The van der Waals surface area contributed by atoms with Crippen molar-refractivity contribution < 1.29 is 13.9 Å². The Bertz CT molecular complexity index is 1100. The number of aromatic amines is 1. The number of furan rings is 1. The molecule has 0 unspecified atom stereocenters. The lowest BCUT2D eigenvalue weighted by molar-refractivity contribution is -0.0125. The van der Waals surface area contributed by atoms with Crippen LogP contribution in [0.1, 0.15) is 71.7 Å². The number of rotatable bonds is 6. The Balaban J connectivity index is 1.35. The highest BCUT2D eigenvalue weighted by Crippen LogP contribution is 2.52. The summed E-state index contributed by atoms with van der Waals surface area (Å²) in [5.74, 6) is 0.528. The Morgan fingerprint density at radius 2 is 2.06 bits per heavy atom. The van der Waals surface area contributed by atoms with Crippen LogP contribution in [0.3, 0.4) is 0 Å². The van der Waals surface area contributed by atoms with Crippen LogP contribution in [0.25, 0.3) is 0 Å². The number of piperidine rings is 1. The summed E-state index contributed by atoms with van der Waals surface area (Å²) in [4.78, 5) is 15.3. The fraction of sp³-hybridized carbons (Fsp3) is 0.462. The number of hydrogen-bond acceptors (Lipinski definition) is 5. The van der Waals surface area contributed by atoms with Crippen molar-refractivity contribution in [1.82, 2.24) is 20.4 Å². The third-order valence-electron chi connectivity index (χ3n) is 7.35. The molecule has 0 bridgehead atoms. The van der Waals surface area contributed by atoms with E-state index in [0.717, 1.165) is 49.4 Å². The smallest absolute Gasteiger partial charge is 0.287 e. The van der Waals surface area contributed by atoms with Gasteiger partial charge in [-0.3, -0.25) is 14.8 Å². The van der Waals surface area contributed by atoms with Crippen LogP contribution < -0.4 is 5.32 Å². The van der Waals surface area contributed by atoms with Gasteiger partial charge in [0.25, 0.3) is 5.91 Å². The molecule has 0 saturated carbocycles. The van der Waals surface area contributed by atoms with E-state index >= 15 is 0 Å². The quantitative estimate of drug-likeness (QED) is 0.592. The third-order valence-corrected chi connectivity index (χ3v) is 7.35. The van der Waals surface area contributed by atoms with Crippen molar-refractivity contribution in [1.29, 1.82) is 0 Å². The largest absolute Gasteiger partial charge is 0.459 e. The minimum Gasteiger partial charge on any atom is -0.459 e. The molecule has 1 saturated heterocycles. The number of methoxy groups -OCH3 is 1. The van der Waals surface area contributed by atoms with E-state index in [2.05, 4.69) is 58.5 Å². The van der Waals surface area contributed by atoms with Gasteiger partial charge in [-0.1, -0.05) is 38.1 Å².